The summed E-state index contributed by atoms with van der Waals surface area (Å²) in [5.41, 5.74) is 0.372. The van der Waals surface area contributed by atoms with E-state index >= 15 is 0 Å². The minimum Gasteiger partial charge on any atom is -0.497 e. The molecule has 10 heteroatoms. The number of hydrogen-bond acceptors (Lipinski definition) is 5. The van der Waals surface area contributed by atoms with Crippen molar-refractivity contribution in [3.63, 3.8) is 0 Å². The van der Waals surface area contributed by atoms with Gasteiger partial charge in [0.05, 0.1) is 25.3 Å². The van der Waals surface area contributed by atoms with E-state index in [-0.39, 0.29) is 18.2 Å². The van der Waals surface area contributed by atoms with Gasteiger partial charge in [0.2, 0.25) is 15.9 Å². The number of nitrogens with zero attached hydrogens (tertiary/aromatic N) is 1. The SMILES string of the molecule is COc1cccc(OCCNC(=O)[C@@H]2CCCN(S(=O)(=O)Cc3c(Cl)cccc3Cl)C2)c1. The molecule has 1 aliphatic heterocycles. The highest BCUT2D eigenvalue weighted by Crippen LogP contribution is 2.29. The molecule has 174 valence electrons. The summed E-state index contributed by atoms with van der Waals surface area (Å²) in [6.07, 6.45) is 1.23. The van der Waals surface area contributed by atoms with Crippen LogP contribution in [0.2, 0.25) is 10.0 Å². The van der Waals surface area contributed by atoms with Crippen LogP contribution in [0, 0.1) is 5.92 Å². The van der Waals surface area contributed by atoms with E-state index < -0.39 is 15.9 Å². The van der Waals surface area contributed by atoms with Crippen LogP contribution in [0.4, 0.5) is 0 Å². The Morgan fingerprint density at radius 3 is 2.56 bits per heavy atom. The topological polar surface area (TPSA) is 84.9 Å². The van der Waals surface area contributed by atoms with Gasteiger partial charge in [-0.25, -0.2) is 12.7 Å². The van der Waals surface area contributed by atoms with Crippen LogP contribution in [0.1, 0.15) is 18.4 Å². The molecule has 1 saturated heterocycles. The van der Waals surface area contributed by atoms with Gasteiger partial charge in [-0.05, 0) is 37.1 Å². The number of methoxy groups -OCH3 is 1. The second kappa shape index (κ2) is 11.2. The molecule has 0 radical (unpaired) electrons. The van der Waals surface area contributed by atoms with E-state index in [2.05, 4.69) is 5.32 Å². The van der Waals surface area contributed by atoms with Gasteiger partial charge in [0, 0.05) is 34.8 Å². The Balaban J connectivity index is 1.51. The lowest BCUT2D eigenvalue weighted by molar-refractivity contribution is -0.126. The molecule has 0 aliphatic carbocycles. The molecule has 0 aromatic heterocycles. The minimum atomic E-state index is -3.67. The normalized spacial score (nSPS) is 17.0. The van der Waals surface area contributed by atoms with Crippen LogP contribution in [-0.2, 0) is 20.6 Å². The number of hydrogen-bond donors (Lipinski definition) is 1. The molecule has 0 spiro atoms. The highest BCUT2D eigenvalue weighted by atomic mass is 35.5. The van der Waals surface area contributed by atoms with Crippen molar-refractivity contribution in [3.05, 3.63) is 58.1 Å². The summed E-state index contributed by atoms with van der Waals surface area (Å²) in [7, 11) is -2.09. The van der Waals surface area contributed by atoms with Crippen molar-refractivity contribution in [2.24, 2.45) is 5.92 Å². The average molecular weight is 501 g/mol. The third kappa shape index (κ3) is 6.51. The van der Waals surface area contributed by atoms with E-state index in [1.165, 1.54) is 4.31 Å². The van der Waals surface area contributed by atoms with Crippen LogP contribution in [0.5, 0.6) is 11.5 Å². The number of benzene rings is 2. The maximum absolute atomic E-state index is 12.9. The van der Waals surface area contributed by atoms with Crippen molar-refractivity contribution in [2.75, 3.05) is 33.4 Å². The summed E-state index contributed by atoms with van der Waals surface area (Å²) in [5, 5.41) is 3.45. The lowest BCUT2D eigenvalue weighted by Gasteiger charge is -2.31. The monoisotopic (exact) mass is 500 g/mol. The Morgan fingerprint density at radius 2 is 1.84 bits per heavy atom. The fourth-order valence-corrected chi connectivity index (χ4v) is 5.89. The van der Waals surface area contributed by atoms with Gasteiger partial charge in [-0.15, -0.1) is 0 Å². The number of carbonyl (C=O) groups excluding carboxylic acids is 1. The van der Waals surface area contributed by atoms with E-state index in [1.807, 2.05) is 12.1 Å². The molecule has 1 aliphatic rings. The zero-order chi connectivity index (χ0) is 23.1. The van der Waals surface area contributed by atoms with Gasteiger partial charge in [0.1, 0.15) is 18.1 Å². The first-order chi connectivity index (χ1) is 15.3. The molecule has 1 N–H and O–H groups in total. The Labute approximate surface area is 198 Å². The third-order valence-corrected chi connectivity index (χ3v) is 7.73. The molecular weight excluding hydrogens is 475 g/mol. The van der Waals surface area contributed by atoms with E-state index in [0.29, 0.717) is 59.6 Å². The second-order valence-corrected chi connectivity index (χ2v) is 10.3. The van der Waals surface area contributed by atoms with Crippen LogP contribution in [0.25, 0.3) is 0 Å². The molecule has 0 saturated carbocycles. The predicted octanol–water partition coefficient (Wildman–Crippen LogP) is 3.74. The molecule has 1 heterocycles. The van der Waals surface area contributed by atoms with Crippen molar-refractivity contribution in [2.45, 2.75) is 18.6 Å². The highest BCUT2D eigenvalue weighted by Gasteiger charge is 2.33. The van der Waals surface area contributed by atoms with Crippen LogP contribution < -0.4 is 14.8 Å². The number of piperidine rings is 1. The van der Waals surface area contributed by atoms with Crippen LogP contribution >= 0.6 is 23.2 Å². The molecule has 0 unspecified atom stereocenters. The fraction of sp³-hybridized carbons (Fsp3) is 0.409. The van der Waals surface area contributed by atoms with E-state index in [4.69, 9.17) is 32.7 Å². The van der Waals surface area contributed by atoms with Gasteiger partial charge in [0.25, 0.3) is 0 Å². The minimum absolute atomic E-state index is 0.132. The largest absolute Gasteiger partial charge is 0.497 e. The van der Waals surface area contributed by atoms with Crippen LogP contribution in [-0.4, -0.2) is 52.0 Å². The molecule has 0 bridgehead atoms. The summed E-state index contributed by atoms with van der Waals surface area (Å²) in [5.74, 6) is 0.431. The first kappa shape index (κ1) is 24.6. The zero-order valence-electron chi connectivity index (χ0n) is 17.7. The lowest BCUT2D eigenvalue weighted by atomic mass is 9.99. The van der Waals surface area contributed by atoms with Crippen molar-refractivity contribution in [3.8, 4) is 11.5 Å². The first-order valence-corrected chi connectivity index (χ1v) is 12.6. The second-order valence-electron chi connectivity index (χ2n) is 7.47. The van der Waals surface area contributed by atoms with Crippen LogP contribution in [0.3, 0.4) is 0 Å². The summed E-state index contributed by atoms with van der Waals surface area (Å²) >= 11 is 12.3. The lowest BCUT2D eigenvalue weighted by Crippen LogP contribution is -2.46. The van der Waals surface area contributed by atoms with E-state index in [9.17, 15) is 13.2 Å². The quantitative estimate of drug-likeness (QED) is 0.530. The molecule has 1 atom stereocenters. The fourth-order valence-electron chi connectivity index (χ4n) is 3.53. The number of amides is 1. The number of ether oxygens (including phenoxy) is 2. The van der Waals surface area contributed by atoms with Crippen molar-refractivity contribution >= 4 is 39.1 Å². The van der Waals surface area contributed by atoms with Crippen molar-refractivity contribution < 1.29 is 22.7 Å². The number of nitrogens with one attached hydrogen (secondary N) is 1. The molecule has 1 fully saturated rings. The molecule has 3 rings (SSSR count). The Bertz CT molecular complexity index is 1030. The Kier molecular flexibility index (Phi) is 8.64. The Morgan fingerprint density at radius 1 is 1.16 bits per heavy atom. The molecule has 2 aromatic carbocycles. The van der Waals surface area contributed by atoms with Gasteiger partial charge in [-0.2, -0.15) is 0 Å². The molecule has 2 aromatic rings. The molecule has 1 amide bonds. The summed E-state index contributed by atoms with van der Waals surface area (Å²) in [6.45, 7) is 1.10. The Hall–Kier alpha value is -2.00. The van der Waals surface area contributed by atoms with E-state index in [1.54, 1.807) is 37.4 Å². The first-order valence-electron chi connectivity index (χ1n) is 10.3. The van der Waals surface area contributed by atoms with Gasteiger partial charge >= 0.3 is 0 Å². The number of carbonyl (C=O) groups is 1. The van der Waals surface area contributed by atoms with Gasteiger partial charge in [-0.3, -0.25) is 4.79 Å². The van der Waals surface area contributed by atoms with Crippen molar-refractivity contribution in [1.82, 2.24) is 9.62 Å². The summed E-state index contributed by atoms with van der Waals surface area (Å²) in [6, 6.07) is 12.1. The molecule has 32 heavy (non-hydrogen) atoms. The van der Waals surface area contributed by atoms with Crippen molar-refractivity contribution in [1.29, 1.82) is 0 Å². The number of halogens is 2. The molecule has 7 nitrogen and oxygen atoms in total. The number of sulfonamides is 1. The average Bonchev–Trinajstić information content (AvgIpc) is 2.79. The van der Waals surface area contributed by atoms with Gasteiger partial charge in [0.15, 0.2) is 0 Å². The van der Waals surface area contributed by atoms with Gasteiger partial charge in [-0.1, -0.05) is 35.3 Å². The summed E-state index contributed by atoms with van der Waals surface area (Å²) in [4.78, 5) is 12.6. The number of rotatable bonds is 9. The van der Waals surface area contributed by atoms with E-state index in [0.717, 1.165) is 0 Å². The maximum atomic E-state index is 12.9. The smallest absolute Gasteiger partial charge is 0.224 e. The highest BCUT2D eigenvalue weighted by molar-refractivity contribution is 7.88. The third-order valence-electron chi connectivity index (χ3n) is 5.25. The predicted molar refractivity (Wildman–Crippen MR) is 125 cm³/mol. The molecular formula is C22H26Cl2N2O5S. The summed E-state index contributed by atoms with van der Waals surface area (Å²) < 4.78 is 38.0. The zero-order valence-corrected chi connectivity index (χ0v) is 20.0. The maximum Gasteiger partial charge on any atom is 0.224 e. The standard InChI is InChI=1S/C22H26Cl2N2O5S/c1-30-17-6-2-7-18(13-17)31-12-10-25-22(27)16-5-4-11-26(14-16)32(28,29)15-19-20(23)8-3-9-21(19)24/h2-3,6-9,13,16H,4-5,10-12,14-15H2,1H3,(H,25,27)/t16-/m1/s1. The van der Waals surface area contributed by atoms with Crippen LogP contribution in [0.15, 0.2) is 42.5 Å². The van der Waals surface area contributed by atoms with Gasteiger partial charge < -0.3 is 14.8 Å².